The summed E-state index contributed by atoms with van der Waals surface area (Å²) in [6, 6.07) is 7.52. The second kappa shape index (κ2) is 6.15. The van der Waals surface area contributed by atoms with Gasteiger partial charge in [0.1, 0.15) is 0 Å². The lowest BCUT2D eigenvalue weighted by atomic mass is 10.1. The van der Waals surface area contributed by atoms with Crippen molar-refractivity contribution >= 4 is 17.3 Å². The highest BCUT2D eigenvalue weighted by Crippen LogP contribution is 2.37. The van der Waals surface area contributed by atoms with Crippen LogP contribution in [-0.4, -0.2) is 19.6 Å². The van der Waals surface area contributed by atoms with Gasteiger partial charge in [0.2, 0.25) is 0 Å². The third-order valence-electron chi connectivity index (χ3n) is 3.76. The smallest absolute Gasteiger partial charge is 0.0642 e. The van der Waals surface area contributed by atoms with E-state index in [1.807, 2.05) is 7.05 Å². The normalized spacial score (nSPS) is 16.7. The van der Waals surface area contributed by atoms with E-state index in [1.54, 1.807) is 0 Å². The van der Waals surface area contributed by atoms with Crippen molar-refractivity contribution in [3.05, 3.63) is 28.8 Å². The summed E-state index contributed by atoms with van der Waals surface area (Å²) in [6.45, 7) is 7.77. The Bertz CT molecular complexity index is 427. The van der Waals surface area contributed by atoms with E-state index in [4.69, 9.17) is 11.6 Å². The van der Waals surface area contributed by atoms with Crippen molar-refractivity contribution in [1.82, 2.24) is 5.32 Å². The maximum atomic E-state index is 6.51. The molecule has 1 fully saturated rings. The van der Waals surface area contributed by atoms with Gasteiger partial charge < -0.3 is 10.2 Å². The van der Waals surface area contributed by atoms with Gasteiger partial charge in [-0.1, -0.05) is 31.5 Å². The largest absolute Gasteiger partial charge is 0.367 e. The van der Waals surface area contributed by atoms with Gasteiger partial charge >= 0.3 is 0 Å². The van der Waals surface area contributed by atoms with Crippen molar-refractivity contribution in [3.63, 3.8) is 0 Å². The summed E-state index contributed by atoms with van der Waals surface area (Å²) in [7, 11) is 1.97. The molecule has 1 aliphatic rings. The quantitative estimate of drug-likeness (QED) is 0.838. The topological polar surface area (TPSA) is 15.3 Å². The number of halogens is 1. The molecule has 0 amide bonds. The Morgan fingerprint density at radius 1 is 1.32 bits per heavy atom. The first kappa shape index (κ1) is 14.7. The number of anilines is 1. The van der Waals surface area contributed by atoms with E-state index in [9.17, 15) is 0 Å². The minimum atomic E-state index is 0.339. The van der Waals surface area contributed by atoms with Crippen LogP contribution in [0, 0.1) is 5.92 Å². The summed E-state index contributed by atoms with van der Waals surface area (Å²) >= 11 is 6.51. The van der Waals surface area contributed by atoms with Gasteiger partial charge in [-0.2, -0.15) is 0 Å². The fraction of sp³-hybridized carbons (Fsp3) is 0.625. The zero-order valence-electron chi connectivity index (χ0n) is 12.4. The number of nitrogens with one attached hydrogen (secondary N) is 1. The summed E-state index contributed by atoms with van der Waals surface area (Å²) in [5.41, 5.74) is 2.45. The number of benzene rings is 1. The summed E-state index contributed by atoms with van der Waals surface area (Å²) in [5.74, 6) is 0.660. The molecule has 1 unspecified atom stereocenters. The lowest BCUT2D eigenvalue weighted by Crippen LogP contribution is -2.30. The molecule has 1 aromatic rings. The van der Waals surface area contributed by atoms with Crippen LogP contribution in [0.4, 0.5) is 5.69 Å². The first-order chi connectivity index (χ1) is 9.02. The number of rotatable bonds is 6. The van der Waals surface area contributed by atoms with Crippen molar-refractivity contribution in [2.75, 3.05) is 18.5 Å². The predicted molar refractivity (Wildman–Crippen MR) is 84.1 cm³/mol. The molecule has 3 heteroatoms. The van der Waals surface area contributed by atoms with Gasteiger partial charge in [-0.25, -0.2) is 0 Å². The molecular formula is C16H25ClN2. The SMILES string of the molecule is CNC(C)c1ccc(N(CC(C)C)C2CC2)c(Cl)c1. The predicted octanol–water partition coefficient (Wildman–Crippen LogP) is 4.25. The van der Waals surface area contributed by atoms with Crippen molar-refractivity contribution in [2.24, 2.45) is 5.92 Å². The van der Waals surface area contributed by atoms with Crippen molar-refractivity contribution in [3.8, 4) is 0 Å². The molecule has 1 saturated carbocycles. The average Bonchev–Trinajstić information content (AvgIpc) is 3.19. The standard InChI is InChI=1S/C16H25ClN2/c1-11(2)10-19(14-6-7-14)16-8-5-13(9-15(16)17)12(3)18-4/h5,8-9,11-12,14,18H,6-7,10H2,1-4H3. The van der Waals surface area contributed by atoms with E-state index in [-0.39, 0.29) is 0 Å². The van der Waals surface area contributed by atoms with Gasteiger partial charge in [0, 0.05) is 18.6 Å². The van der Waals surface area contributed by atoms with Crippen LogP contribution < -0.4 is 10.2 Å². The zero-order chi connectivity index (χ0) is 14.0. The van der Waals surface area contributed by atoms with Gasteiger partial charge in [-0.3, -0.25) is 0 Å². The summed E-state index contributed by atoms with van der Waals surface area (Å²) in [5, 5.41) is 4.13. The fourth-order valence-electron chi connectivity index (χ4n) is 2.42. The number of hydrogen-bond acceptors (Lipinski definition) is 2. The van der Waals surface area contributed by atoms with E-state index in [2.05, 4.69) is 49.2 Å². The first-order valence-electron chi connectivity index (χ1n) is 7.26. The molecule has 1 atom stereocenters. The number of hydrogen-bond donors (Lipinski definition) is 1. The van der Waals surface area contributed by atoms with E-state index in [0.29, 0.717) is 18.0 Å². The molecular weight excluding hydrogens is 256 g/mol. The van der Waals surface area contributed by atoms with Crippen LogP contribution in [-0.2, 0) is 0 Å². The molecule has 1 aromatic carbocycles. The average molecular weight is 281 g/mol. The van der Waals surface area contributed by atoms with Crippen molar-refractivity contribution in [2.45, 2.75) is 45.7 Å². The highest BCUT2D eigenvalue weighted by Gasteiger charge is 2.30. The van der Waals surface area contributed by atoms with Crippen LogP contribution in [0.1, 0.15) is 45.2 Å². The van der Waals surface area contributed by atoms with Crippen LogP contribution in [0.5, 0.6) is 0 Å². The second-order valence-electron chi connectivity index (χ2n) is 6.00. The van der Waals surface area contributed by atoms with E-state index < -0.39 is 0 Å². The minimum absolute atomic E-state index is 0.339. The molecule has 0 aliphatic heterocycles. The molecule has 0 saturated heterocycles. The Kier molecular flexibility index (Phi) is 4.75. The molecule has 0 spiro atoms. The maximum Gasteiger partial charge on any atom is 0.0642 e. The monoisotopic (exact) mass is 280 g/mol. The lowest BCUT2D eigenvalue weighted by molar-refractivity contribution is 0.607. The Labute approximate surface area is 122 Å². The molecule has 0 aromatic heterocycles. The fourth-order valence-corrected chi connectivity index (χ4v) is 2.71. The van der Waals surface area contributed by atoms with E-state index in [0.717, 1.165) is 11.6 Å². The third kappa shape index (κ3) is 3.64. The minimum Gasteiger partial charge on any atom is -0.367 e. The molecule has 2 nitrogen and oxygen atoms in total. The van der Waals surface area contributed by atoms with E-state index >= 15 is 0 Å². The molecule has 0 heterocycles. The molecule has 106 valence electrons. The second-order valence-corrected chi connectivity index (χ2v) is 6.41. The Morgan fingerprint density at radius 2 is 2.00 bits per heavy atom. The van der Waals surface area contributed by atoms with E-state index in [1.165, 1.54) is 24.1 Å². The zero-order valence-corrected chi connectivity index (χ0v) is 13.2. The van der Waals surface area contributed by atoms with Crippen LogP contribution in [0.25, 0.3) is 0 Å². The summed E-state index contributed by atoms with van der Waals surface area (Å²) in [4.78, 5) is 2.49. The van der Waals surface area contributed by atoms with Crippen LogP contribution in [0.15, 0.2) is 18.2 Å². The molecule has 0 radical (unpaired) electrons. The number of nitrogens with zero attached hydrogens (tertiary/aromatic N) is 1. The molecule has 1 aliphatic carbocycles. The van der Waals surface area contributed by atoms with Crippen molar-refractivity contribution in [1.29, 1.82) is 0 Å². The van der Waals surface area contributed by atoms with Gasteiger partial charge in [0.15, 0.2) is 0 Å². The highest BCUT2D eigenvalue weighted by molar-refractivity contribution is 6.33. The van der Waals surface area contributed by atoms with Crippen LogP contribution in [0.2, 0.25) is 5.02 Å². The Balaban J connectivity index is 2.22. The van der Waals surface area contributed by atoms with Gasteiger partial charge in [0.05, 0.1) is 10.7 Å². The molecule has 0 bridgehead atoms. The molecule has 19 heavy (non-hydrogen) atoms. The van der Waals surface area contributed by atoms with Gasteiger partial charge in [-0.05, 0) is 50.4 Å². The summed E-state index contributed by atoms with van der Waals surface area (Å²) < 4.78 is 0. The van der Waals surface area contributed by atoms with Crippen LogP contribution >= 0.6 is 11.6 Å². The third-order valence-corrected chi connectivity index (χ3v) is 4.07. The van der Waals surface area contributed by atoms with Gasteiger partial charge in [-0.15, -0.1) is 0 Å². The summed E-state index contributed by atoms with van der Waals surface area (Å²) in [6.07, 6.45) is 2.61. The maximum absolute atomic E-state index is 6.51. The van der Waals surface area contributed by atoms with Gasteiger partial charge in [0.25, 0.3) is 0 Å². The van der Waals surface area contributed by atoms with Crippen LogP contribution in [0.3, 0.4) is 0 Å². The lowest BCUT2D eigenvalue weighted by Gasteiger charge is -2.28. The Hall–Kier alpha value is -0.730. The first-order valence-corrected chi connectivity index (χ1v) is 7.64. The van der Waals surface area contributed by atoms with Crippen molar-refractivity contribution < 1.29 is 0 Å². The molecule has 2 rings (SSSR count). The highest BCUT2D eigenvalue weighted by atomic mass is 35.5. The Morgan fingerprint density at radius 3 is 2.47 bits per heavy atom. The molecule has 1 N–H and O–H groups in total.